The van der Waals surface area contributed by atoms with E-state index in [2.05, 4.69) is 54.5 Å². The highest BCUT2D eigenvalue weighted by Gasteiger charge is 2.18. The zero-order valence-electron chi connectivity index (χ0n) is 14.9. The predicted molar refractivity (Wildman–Crippen MR) is 102 cm³/mol. The number of ether oxygens (including phenoxy) is 1. The maximum atomic E-state index is 11.9. The van der Waals surface area contributed by atoms with Crippen LogP contribution < -0.4 is 5.32 Å². The molecule has 0 amide bonds. The van der Waals surface area contributed by atoms with Gasteiger partial charge in [-0.2, -0.15) is 0 Å². The van der Waals surface area contributed by atoms with Crippen molar-refractivity contribution in [1.82, 2.24) is 4.98 Å². The monoisotopic (exact) mass is 336 g/mol. The zero-order chi connectivity index (χ0) is 17.9. The highest BCUT2D eigenvalue weighted by molar-refractivity contribution is 5.95. The van der Waals surface area contributed by atoms with Crippen molar-refractivity contribution in [3.05, 3.63) is 65.9 Å². The largest absolute Gasteiger partial charge is 0.461 e. The Bertz CT molecular complexity index is 866. The van der Waals surface area contributed by atoms with Crippen molar-refractivity contribution in [2.24, 2.45) is 0 Å². The summed E-state index contributed by atoms with van der Waals surface area (Å²) in [6, 6.07) is 18.4. The average molecular weight is 336 g/mol. The van der Waals surface area contributed by atoms with Crippen molar-refractivity contribution in [2.75, 3.05) is 11.9 Å². The fourth-order valence-electron chi connectivity index (χ4n) is 3.07. The summed E-state index contributed by atoms with van der Waals surface area (Å²) >= 11 is 0. The minimum Gasteiger partial charge on any atom is -0.461 e. The summed E-state index contributed by atoms with van der Waals surface area (Å²) in [5.41, 5.74) is 3.65. The highest BCUT2D eigenvalue weighted by atomic mass is 16.5. The summed E-state index contributed by atoms with van der Waals surface area (Å²) in [4.78, 5) is 15.0. The summed E-state index contributed by atoms with van der Waals surface area (Å²) in [5.74, 6) is -0.322. The van der Waals surface area contributed by atoms with Crippen molar-refractivity contribution in [1.29, 1.82) is 0 Å². The van der Waals surface area contributed by atoms with E-state index in [1.807, 2.05) is 24.3 Å². The topological polar surface area (TPSA) is 54.1 Å². The smallest absolute Gasteiger partial charge is 0.354 e. The third-order valence-electron chi connectivity index (χ3n) is 4.09. The van der Waals surface area contributed by atoms with Crippen LogP contribution in [0.2, 0.25) is 0 Å². The molecule has 0 spiro atoms. The third-order valence-corrected chi connectivity index (χ3v) is 4.09. The van der Waals surface area contributed by atoms with E-state index in [-0.39, 0.29) is 11.5 Å². The Morgan fingerprint density at radius 2 is 1.88 bits per heavy atom. The number of carbonyl (C=O) groups excluding carboxylic acids is 1. The molecule has 0 unspecified atom stereocenters. The standard InChI is InChI=1S/C21H24N2O2/c1-4-25-20(24)19-13-16-12-17(10-11-18(16)22-19)23-21(2,3)14-15-8-6-5-7-9-15/h5-13,22-23H,4,14H2,1-3H3. The lowest BCUT2D eigenvalue weighted by Crippen LogP contribution is -2.33. The zero-order valence-corrected chi connectivity index (χ0v) is 14.9. The number of fused-ring (bicyclic) bond motifs is 1. The molecule has 130 valence electrons. The average Bonchev–Trinajstić information content (AvgIpc) is 2.98. The molecule has 0 atom stereocenters. The first-order chi connectivity index (χ1) is 12.0. The molecule has 0 saturated heterocycles. The second kappa shape index (κ2) is 7.01. The fourth-order valence-corrected chi connectivity index (χ4v) is 3.07. The Balaban J connectivity index is 1.78. The van der Waals surface area contributed by atoms with Crippen LogP contribution in [0.5, 0.6) is 0 Å². The lowest BCUT2D eigenvalue weighted by molar-refractivity contribution is 0.0520. The molecule has 4 heteroatoms. The lowest BCUT2D eigenvalue weighted by Gasteiger charge is -2.28. The van der Waals surface area contributed by atoms with Gasteiger partial charge in [0.2, 0.25) is 0 Å². The number of rotatable bonds is 6. The van der Waals surface area contributed by atoms with Gasteiger partial charge in [0.15, 0.2) is 0 Å². The Labute approximate surface area is 148 Å². The molecule has 0 radical (unpaired) electrons. The first kappa shape index (κ1) is 17.1. The van der Waals surface area contributed by atoms with Gasteiger partial charge in [0.1, 0.15) is 5.69 Å². The molecule has 4 nitrogen and oxygen atoms in total. The van der Waals surface area contributed by atoms with E-state index in [4.69, 9.17) is 4.74 Å². The van der Waals surface area contributed by atoms with Gasteiger partial charge in [0.25, 0.3) is 0 Å². The minimum absolute atomic E-state index is 0.0880. The van der Waals surface area contributed by atoms with Crippen molar-refractivity contribution in [2.45, 2.75) is 32.7 Å². The summed E-state index contributed by atoms with van der Waals surface area (Å²) in [5, 5.41) is 4.58. The maximum Gasteiger partial charge on any atom is 0.354 e. The number of nitrogens with one attached hydrogen (secondary N) is 2. The van der Waals surface area contributed by atoms with E-state index in [0.29, 0.717) is 12.3 Å². The number of anilines is 1. The van der Waals surface area contributed by atoms with Crippen molar-refractivity contribution in [3.8, 4) is 0 Å². The summed E-state index contributed by atoms with van der Waals surface area (Å²) < 4.78 is 5.05. The Morgan fingerprint density at radius 3 is 2.60 bits per heavy atom. The van der Waals surface area contributed by atoms with Gasteiger partial charge in [-0.25, -0.2) is 4.79 Å². The number of H-pyrrole nitrogens is 1. The number of aromatic amines is 1. The van der Waals surface area contributed by atoms with Gasteiger partial charge in [-0.15, -0.1) is 0 Å². The Hall–Kier alpha value is -2.75. The number of benzene rings is 2. The van der Waals surface area contributed by atoms with E-state index in [1.165, 1.54) is 5.56 Å². The number of aromatic nitrogens is 1. The molecule has 1 aromatic heterocycles. The molecule has 0 bridgehead atoms. The normalized spacial score (nSPS) is 11.5. The third kappa shape index (κ3) is 4.21. The quantitative estimate of drug-likeness (QED) is 0.637. The van der Waals surface area contributed by atoms with Crippen LogP contribution in [0.1, 0.15) is 36.8 Å². The second-order valence-electron chi connectivity index (χ2n) is 6.88. The molecule has 0 aliphatic heterocycles. The molecular formula is C21H24N2O2. The molecule has 2 aromatic carbocycles. The molecule has 1 heterocycles. The van der Waals surface area contributed by atoms with Crippen LogP contribution in [0.4, 0.5) is 5.69 Å². The Morgan fingerprint density at radius 1 is 1.12 bits per heavy atom. The SMILES string of the molecule is CCOC(=O)c1cc2cc(NC(C)(C)Cc3ccccc3)ccc2[nH]1. The van der Waals surface area contributed by atoms with Crippen LogP contribution >= 0.6 is 0 Å². The van der Waals surface area contributed by atoms with Crippen LogP contribution in [0.25, 0.3) is 10.9 Å². The summed E-state index contributed by atoms with van der Waals surface area (Å²) in [6.45, 7) is 6.54. The Kier molecular flexibility index (Phi) is 4.79. The molecule has 3 rings (SSSR count). The first-order valence-electron chi connectivity index (χ1n) is 8.59. The van der Waals surface area contributed by atoms with Gasteiger partial charge in [-0.05, 0) is 57.0 Å². The van der Waals surface area contributed by atoms with E-state index in [0.717, 1.165) is 23.0 Å². The first-order valence-corrected chi connectivity index (χ1v) is 8.59. The predicted octanol–water partition coefficient (Wildman–Crippen LogP) is 4.78. The molecular weight excluding hydrogens is 312 g/mol. The number of esters is 1. The molecule has 0 fully saturated rings. The molecule has 25 heavy (non-hydrogen) atoms. The molecule has 0 saturated carbocycles. The minimum atomic E-state index is -0.322. The highest BCUT2D eigenvalue weighted by Crippen LogP contribution is 2.24. The van der Waals surface area contributed by atoms with Crippen molar-refractivity contribution >= 4 is 22.6 Å². The van der Waals surface area contributed by atoms with Crippen molar-refractivity contribution < 1.29 is 9.53 Å². The number of hydrogen-bond donors (Lipinski definition) is 2. The van der Waals surface area contributed by atoms with Gasteiger partial charge < -0.3 is 15.0 Å². The second-order valence-corrected chi connectivity index (χ2v) is 6.88. The molecule has 2 N–H and O–H groups in total. The molecule has 0 aliphatic carbocycles. The van der Waals surface area contributed by atoms with E-state index >= 15 is 0 Å². The maximum absolute atomic E-state index is 11.9. The van der Waals surface area contributed by atoms with Gasteiger partial charge in [-0.1, -0.05) is 30.3 Å². The van der Waals surface area contributed by atoms with Gasteiger partial charge in [0.05, 0.1) is 6.61 Å². The van der Waals surface area contributed by atoms with E-state index in [1.54, 1.807) is 6.92 Å². The molecule has 3 aromatic rings. The fraction of sp³-hybridized carbons (Fsp3) is 0.286. The van der Waals surface area contributed by atoms with Crippen LogP contribution in [0, 0.1) is 0 Å². The van der Waals surface area contributed by atoms with Crippen LogP contribution in [0.15, 0.2) is 54.6 Å². The summed E-state index contributed by atoms with van der Waals surface area (Å²) in [6.07, 6.45) is 0.924. The summed E-state index contributed by atoms with van der Waals surface area (Å²) in [7, 11) is 0. The van der Waals surface area contributed by atoms with E-state index < -0.39 is 0 Å². The van der Waals surface area contributed by atoms with Gasteiger partial charge >= 0.3 is 5.97 Å². The lowest BCUT2D eigenvalue weighted by atomic mass is 9.94. The number of carbonyl (C=O) groups is 1. The van der Waals surface area contributed by atoms with Crippen LogP contribution in [0.3, 0.4) is 0 Å². The van der Waals surface area contributed by atoms with Crippen LogP contribution in [-0.4, -0.2) is 23.1 Å². The number of hydrogen-bond acceptors (Lipinski definition) is 3. The van der Waals surface area contributed by atoms with Crippen LogP contribution in [-0.2, 0) is 11.2 Å². The van der Waals surface area contributed by atoms with Gasteiger partial charge in [-0.3, -0.25) is 0 Å². The van der Waals surface area contributed by atoms with E-state index in [9.17, 15) is 4.79 Å². The molecule has 0 aliphatic rings. The van der Waals surface area contributed by atoms with Gasteiger partial charge in [0, 0.05) is 22.1 Å². The van der Waals surface area contributed by atoms with Crippen molar-refractivity contribution in [3.63, 3.8) is 0 Å².